The third-order valence-corrected chi connectivity index (χ3v) is 2.58. The van der Waals surface area contributed by atoms with Gasteiger partial charge in [0.25, 0.3) is 0 Å². The van der Waals surface area contributed by atoms with Crippen LogP contribution in [0.3, 0.4) is 0 Å². The second kappa shape index (κ2) is 8.06. The highest BCUT2D eigenvalue weighted by atomic mass is 79.9. The number of benzene rings is 1. The number of pyridine rings is 1. The molecular weight excluding hydrogens is 326 g/mol. The molecule has 0 bridgehead atoms. The SMILES string of the molecule is COC(=O)c1ccccc1.O=C(O)c1cncc(Br)c1. The summed E-state index contributed by atoms with van der Waals surface area (Å²) in [5, 5.41) is 8.45. The van der Waals surface area contributed by atoms with E-state index in [4.69, 9.17) is 5.11 Å². The molecule has 0 aliphatic carbocycles. The quantitative estimate of drug-likeness (QED) is 0.852. The fourth-order valence-electron chi connectivity index (χ4n) is 1.22. The first-order valence-corrected chi connectivity index (χ1v) is 6.31. The molecule has 104 valence electrons. The van der Waals surface area contributed by atoms with Gasteiger partial charge in [0.2, 0.25) is 0 Å². The van der Waals surface area contributed by atoms with Crippen molar-refractivity contribution in [3.05, 3.63) is 64.4 Å². The number of hydrogen-bond acceptors (Lipinski definition) is 4. The molecule has 0 fully saturated rings. The molecule has 0 radical (unpaired) electrons. The normalized spacial score (nSPS) is 9.10. The maximum atomic E-state index is 10.8. The minimum atomic E-state index is -0.964. The number of halogens is 1. The first-order chi connectivity index (χ1) is 9.54. The zero-order chi connectivity index (χ0) is 15.0. The monoisotopic (exact) mass is 337 g/mol. The summed E-state index contributed by atoms with van der Waals surface area (Å²) in [4.78, 5) is 24.8. The second-order valence-electron chi connectivity index (χ2n) is 3.55. The molecule has 0 aliphatic rings. The van der Waals surface area contributed by atoms with Gasteiger partial charge >= 0.3 is 11.9 Å². The number of hydrogen-bond donors (Lipinski definition) is 1. The number of nitrogens with zero attached hydrogens (tertiary/aromatic N) is 1. The predicted molar refractivity (Wildman–Crippen MR) is 76.7 cm³/mol. The molecule has 0 atom stereocenters. The van der Waals surface area contributed by atoms with Crippen LogP contribution in [0.4, 0.5) is 0 Å². The molecule has 1 N–H and O–H groups in total. The Balaban J connectivity index is 0.000000200. The number of rotatable bonds is 2. The molecule has 1 aromatic carbocycles. The van der Waals surface area contributed by atoms with Crippen LogP contribution in [0.15, 0.2) is 53.3 Å². The molecule has 2 rings (SSSR count). The lowest BCUT2D eigenvalue weighted by Gasteiger charge is -1.95. The Morgan fingerprint density at radius 3 is 2.25 bits per heavy atom. The van der Waals surface area contributed by atoms with E-state index >= 15 is 0 Å². The Morgan fingerprint density at radius 1 is 1.15 bits per heavy atom. The smallest absolute Gasteiger partial charge is 0.337 e. The fraction of sp³-hybridized carbons (Fsp3) is 0.0714. The van der Waals surface area contributed by atoms with Gasteiger partial charge in [-0.2, -0.15) is 0 Å². The summed E-state index contributed by atoms with van der Waals surface area (Å²) in [7, 11) is 1.37. The minimum absolute atomic E-state index is 0.189. The van der Waals surface area contributed by atoms with Gasteiger partial charge in [0.15, 0.2) is 0 Å². The average molecular weight is 338 g/mol. The molecule has 0 aliphatic heterocycles. The molecule has 0 unspecified atom stereocenters. The standard InChI is InChI=1S/C8H8O2.C6H4BrNO2/c1-10-8(9)7-5-3-2-4-6-7;7-5-1-4(6(9)10)2-8-3-5/h2-6H,1H3;1-3H,(H,9,10). The Labute approximate surface area is 124 Å². The van der Waals surface area contributed by atoms with Crippen molar-refractivity contribution in [3.8, 4) is 0 Å². The maximum absolute atomic E-state index is 10.8. The summed E-state index contributed by atoms with van der Waals surface area (Å²) in [5.74, 6) is -1.26. The van der Waals surface area contributed by atoms with Gasteiger partial charge in [0.05, 0.1) is 18.2 Å². The van der Waals surface area contributed by atoms with Crippen LogP contribution >= 0.6 is 15.9 Å². The Bertz CT molecular complexity index is 587. The Hall–Kier alpha value is -2.21. The van der Waals surface area contributed by atoms with E-state index in [2.05, 4.69) is 25.7 Å². The van der Waals surface area contributed by atoms with Crippen molar-refractivity contribution in [1.82, 2.24) is 4.98 Å². The van der Waals surface area contributed by atoms with Crippen molar-refractivity contribution in [2.45, 2.75) is 0 Å². The predicted octanol–water partition coefficient (Wildman–Crippen LogP) is 3.02. The summed E-state index contributed by atoms with van der Waals surface area (Å²) >= 11 is 3.10. The zero-order valence-electron chi connectivity index (χ0n) is 10.6. The zero-order valence-corrected chi connectivity index (χ0v) is 12.2. The molecule has 0 saturated carbocycles. The average Bonchev–Trinajstić information content (AvgIpc) is 2.48. The van der Waals surface area contributed by atoms with Crippen molar-refractivity contribution in [3.63, 3.8) is 0 Å². The van der Waals surface area contributed by atoms with Gasteiger partial charge in [-0.15, -0.1) is 0 Å². The lowest BCUT2D eigenvalue weighted by Crippen LogP contribution is -1.99. The summed E-state index contributed by atoms with van der Waals surface area (Å²) < 4.78 is 5.17. The van der Waals surface area contributed by atoms with Crippen molar-refractivity contribution in [2.75, 3.05) is 7.11 Å². The number of carbonyl (C=O) groups is 2. The van der Waals surface area contributed by atoms with Gasteiger partial charge in [-0.05, 0) is 34.1 Å². The number of aromatic nitrogens is 1. The van der Waals surface area contributed by atoms with Gasteiger partial charge in [0.1, 0.15) is 0 Å². The molecule has 5 nitrogen and oxygen atoms in total. The van der Waals surface area contributed by atoms with Gasteiger partial charge in [0, 0.05) is 16.9 Å². The van der Waals surface area contributed by atoms with Gasteiger partial charge in [-0.25, -0.2) is 9.59 Å². The van der Waals surface area contributed by atoms with Gasteiger partial charge in [-0.1, -0.05) is 18.2 Å². The second-order valence-corrected chi connectivity index (χ2v) is 4.47. The number of aromatic carboxylic acids is 1. The lowest BCUT2D eigenvalue weighted by atomic mass is 10.2. The van der Waals surface area contributed by atoms with E-state index in [9.17, 15) is 9.59 Å². The van der Waals surface area contributed by atoms with Crippen molar-refractivity contribution >= 4 is 27.9 Å². The highest BCUT2D eigenvalue weighted by Crippen LogP contribution is 2.08. The number of carboxylic acids is 1. The topological polar surface area (TPSA) is 76.5 Å². The van der Waals surface area contributed by atoms with E-state index in [1.54, 1.807) is 24.3 Å². The van der Waals surface area contributed by atoms with Crippen LogP contribution in [0.1, 0.15) is 20.7 Å². The number of carbonyl (C=O) groups excluding carboxylic acids is 1. The summed E-state index contributed by atoms with van der Waals surface area (Å²) in [6, 6.07) is 10.4. The van der Waals surface area contributed by atoms with Crippen molar-refractivity contribution < 1.29 is 19.4 Å². The molecule has 0 spiro atoms. The van der Waals surface area contributed by atoms with E-state index in [1.807, 2.05) is 6.07 Å². The highest BCUT2D eigenvalue weighted by molar-refractivity contribution is 9.10. The Morgan fingerprint density at radius 2 is 1.80 bits per heavy atom. The molecule has 1 heterocycles. The molecule has 0 amide bonds. The van der Waals surface area contributed by atoms with Crippen LogP contribution in [0, 0.1) is 0 Å². The van der Waals surface area contributed by atoms with E-state index in [0.717, 1.165) is 0 Å². The molecule has 0 saturated heterocycles. The summed E-state index contributed by atoms with van der Waals surface area (Å²) in [6.07, 6.45) is 2.83. The number of ether oxygens (including phenoxy) is 1. The van der Waals surface area contributed by atoms with Crippen LogP contribution in [-0.4, -0.2) is 29.1 Å². The summed E-state index contributed by atoms with van der Waals surface area (Å²) in [5.41, 5.74) is 0.777. The van der Waals surface area contributed by atoms with Crippen LogP contribution in [0.5, 0.6) is 0 Å². The molecule has 20 heavy (non-hydrogen) atoms. The van der Waals surface area contributed by atoms with E-state index < -0.39 is 5.97 Å². The largest absolute Gasteiger partial charge is 0.478 e. The lowest BCUT2D eigenvalue weighted by molar-refractivity contribution is 0.0599. The first-order valence-electron chi connectivity index (χ1n) is 5.51. The van der Waals surface area contributed by atoms with E-state index in [0.29, 0.717) is 10.0 Å². The number of methoxy groups -OCH3 is 1. The van der Waals surface area contributed by atoms with E-state index in [-0.39, 0.29) is 11.5 Å². The van der Waals surface area contributed by atoms with Crippen molar-refractivity contribution in [2.24, 2.45) is 0 Å². The fourth-order valence-corrected chi connectivity index (χ4v) is 1.59. The molecule has 1 aromatic heterocycles. The third-order valence-electron chi connectivity index (χ3n) is 2.15. The molecule has 6 heteroatoms. The third kappa shape index (κ3) is 5.19. The van der Waals surface area contributed by atoms with Crippen LogP contribution in [0.25, 0.3) is 0 Å². The van der Waals surface area contributed by atoms with Gasteiger partial charge < -0.3 is 9.84 Å². The summed E-state index contributed by atoms with van der Waals surface area (Å²) in [6.45, 7) is 0. The van der Waals surface area contributed by atoms with Gasteiger partial charge in [-0.3, -0.25) is 4.98 Å². The minimum Gasteiger partial charge on any atom is -0.478 e. The number of esters is 1. The molecule has 2 aromatic rings. The van der Waals surface area contributed by atoms with Crippen LogP contribution in [0.2, 0.25) is 0 Å². The number of carboxylic acid groups (broad SMARTS) is 1. The van der Waals surface area contributed by atoms with Crippen LogP contribution < -0.4 is 0 Å². The first kappa shape index (κ1) is 15.8. The van der Waals surface area contributed by atoms with Crippen molar-refractivity contribution in [1.29, 1.82) is 0 Å². The maximum Gasteiger partial charge on any atom is 0.337 e. The Kier molecular flexibility index (Phi) is 6.39. The highest BCUT2D eigenvalue weighted by Gasteiger charge is 2.01. The van der Waals surface area contributed by atoms with E-state index in [1.165, 1.54) is 25.6 Å². The molecular formula is C14H12BrNO4. The van der Waals surface area contributed by atoms with Crippen LogP contribution in [-0.2, 0) is 4.74 Å².